The van der Waals surface area contributed by atoms with Crippen molar-refractivity contribution in [2.75, 3.05) is 10.6 Å². The molecule has 2 aromatic rings. The van der Waals surface area contributed by atoms with Gasteiger partial charge < -0.3 is 10.6 Å². The molecule has 0 spiro atoms. The lowest BCUT2D eigenvalue weighted by molar-refractivity contribution is -0.117. The van der Waals surface area contributed by atoms with Crippen molar-refractivity contribution in [2.45, 2.75) is 19.3 Å². The topological polar surface area (TPSA) is 82.0 Å². The van der Waals surface area contributed by atoms with E-state index in [1.165, 1.54) is 0 Å². The van der Waals surface area contributed by atoms with Crippen molar-refractivity contribution in [1.29, 1.82) is 5.26 Å². The van der Waals surface area contributed by atoms with Crippen LogP contribution in [0.5, 0.6) is 0 Å². The highest BCUT2D eigenvalue weighted by molar-refractivity contribution is 6.04. The Hall–Kier alpha value is -3.13. The first-order valence-electron chi connectivity index (χ1n) is 7.84. The Bertz CT molecular complexity index is 785. The molecule has 120 valence electrons. The van der Waals surface area contributed by atoms with Gasteiger partial charge in [-0.3, -0.25) is 9.59 Å². The lowest BCUT2D eigenvalue weighted by atomic mass is 10.1. The van der Waals surface area contributed by atoms with Gasteiger partial charge in [-0.2, -0.15) is 5.26 Å². The third-order valence-corrected chi connectivity index (χ3v) is 3.86. The van der Waals surface area contributed by atoms with Crippen molar-refractivity contribution in [1.82, 2.24) is 0 Å². The van der Waals surface area contributed by atoms with Crippen LogP contribution in [0.25, 0.3) is 0 Å². The second kappa shape index (κ2) is 6.97. The highest BCUT2D eigenvalue weighted by Crippen LogP contribution is 2.30. The molecule has 1 saturated carbocycles. The minimum absolute atomic E-state index is 0.0460. The first-order valence-corrected chi connectivity index (χ1v) is 7.84. The molecule has 0 saturated heterocycles. The summed E-state index contributed by atoms with van der Waals surface area (Å²) in [6.07, 6.45) is 2.27. The molecule has 1 fully saturated rings. The summed E-state index contributed by atoms with van der Waals surface area (Å²) in [6.45, 7) is 0. The van der Waals surface area contributed by atoms with Gasteiger partial charge in [0.25, 0.3) is 5.91 Å². The summed E-state index contributed by atoms with van der Waals surface area (Å²) in [5.74, 6) is -0.0234. The average molecular weight is 319 g/mol. The summed E-state index contributed by atoms with van der Waals surface area (Å²) in [6, 6.07) is 16.1. The Morgan fingerprint density at radius 1 is 0.958 bits per heavy atom. The zero-order chi connectivity index (χ0) is 16.9. The molecule has 1 aliphatic rings. The molecular weight excluding hydrogens is 302 g/mol. The van der Waals surface area contributed by atoms with Crippen LogP contribution in [0, 0.1) is 17.2 Å². The SMILES string of the molecule is N#CCc1ccc(NC(=O)c2ccc(NC(=O)C3CC3)cc2)cc1. The fourth-order valence-corrected chi connectivity index (χ4v) is 2.30. The van der Waals surface area contributed by atoms with Gasteiger partial charge in [0.2, 0.25) is 5.91 Å². The van der Waals surface area contributed by atoms with E-state index in [-0.39, 0.29) is 17.7 Å². The molecule has 0 aliphatic heterocycles. The maximum absolute atomic E-state index is 12.2. The predicted octanol–water partition coefficient (Wildman–Crippen LogP) is 3.35. The molecule has 5 heteroatoms. The van der Waals surface area contributed by atoms with Crippen LogP contribution in [0.4, 0.5) is 11.4 Å². The molecule has 2 aromatic carbocycles. The van der Waals surface area contributed by atoms with Gasteiger partial charge in [0.05, 0.1) is 12.5 Å². The molecular formula is C19H17N3O2. The van der Waals surface area contributed by atoms with Crippen LogP contribution in [-0.2, 0) is 11.2 Å². The van der Waals surface area contributed by atoms with Crippen LogP contribution in [0.1, 0.15) is 28.8 Å². The van der Waals surface area contributed by atoms with Crippen molar-refractivity contribution in [3.05, 3.63) is 59.7 Å². The fourth-order valence-electron chi connectivity index (χ4n) is 2.30. The number of amides is 2. The van der Waals surface area contributed by atoms with E-state index in [1.807, 2.05) is 12.1 Å². The molecule has 3 rings (SSSR count). The van der Waals surface area contributed by atoms with Crippen molar-refractivity contribution < 1.29 is 9.59 Å². The normalized spacial score (nSPS) is 13.0. The molecule has 0 heterocycles. The van der Waals surface area contributed by atoms with Gasteiger partial charge in [-0.1, -0.05) is 12.1 Å². The lowest BCUT2D eigenvalue weighted by Gasteiger charge is -2.08. The van der Waals surface area contributed by atoms with Crippen molar-refractivity contribution in [2.24, 2.45) is 5.92 Å². The number of hydrogen-bond donors (Lipinski definition) is 2. The van der Waals surface area contributed by atoms with Crippen LogP contribution < -0.4 is 10.6 Å². The number of nitrogens with one attached hydrogen (secondary N) is 2. The van der Waals surface area contributed by atoms with Gasteiger partial charge in [0.15, 0.2) is 0 Å². The van der Waals surface area contributed by atoms with Gasteiger partial charge in [0, 0.05) is 22.9 Å². The summed E-state index contributed by atoms with van der Waals surface area (Å²) in [5.41, 5.74) is 2.80. The maximum Gasteiger partial charge on any atom is 0.255 e. The lowest BCUT2D eigenvalue weighted by Crippen LogP contribution is -2.14. The fraction of sp³-hybridized carbons (Fsp3) is 0.211. The van der Waals surface area contributed by atoms with Crippen LogP contribution in [-0.4, -0.2) is 11.8 Å². The number of rotatable bonds is 5. The maximum atomic E-state index is 12.2. The third-order valence-electron chi connectivity index (χ3n) is 3.86. The van der Waals surface area contributed by atoms with Gasteiger partial charge in [-0.05, 0) is 54.8 Å². The predicted molar refractivity (Wildman–Crippen MR) is 91.5 cm³/mol. The van der Waals surface area contributed by atoms with Gasteiger partial charge in [0.1, 0.15) is 0 Å². The quantitative estimate of drug-likeness (QED) is 0.886. The van der Waals surface area contributed by atoms with Crippen molar-refractivity contribution in [3.8, 4) is 6.07 Å². The number of carbonyl (C=O) groups excluding carboxylic acids is 2. The summed E-state index contributed by atoms with van der Waals surface area (Å²) < 4.78 is 0. The van der Waals surface area contributed by atoms with E-state index < -0.39 is 0 Å². The summed E-state index contributed by atoms with van der Waals surface area (Å²) in [4.78, 5) is 23.9. The van der Waals surface area contributed by atoms with Gasteiger partial charge in [-0.25, -0.2) is 0 Å². The molecule has 0 unspecified atom stereocenters. The van der Waals surface area contributed by atoms with E-state index in [1.54, 1.807) is 36.4 Å². The molecule has 2 amide bonds. The molecule has 5 nitrogen and oxygen atoms in total. The molecule has 0 atom stereocenters. The second-order valence-electron chi connectivity index (χ2n) is 5.83. The minimum Gasteiger partial charge on any atom is -0.326 e. The monoisotopic (exact) mass is 319 g/mol. The average Bonchev–Trinajstić information content (AvgIpc) is 3.42. The number of anilines is 2. The smallest absolute Gasteiger partial charge is 0.255 e. The van der Waals surface area contributed by atoms with Crippen molar-refractivity contribution in [3.63, 3.8) is 0 Å². The summed E-state index contributed by atoms with van der Waals surface area (Å²) in [7, 11) is 0. The number of nitrogens with zero attached hydrogens (tertiary/aromatic N) is 1. The van der Waals surface area contributed by atoms with Gasteiger partial charge in [-0.15, -0.1) is 0 Å². The Kier molecular flexibility index (Phi) is 4.57. The van der Waals surface area contributed by atoms with Crippen LogP contribution >= 0.6 is 0 Å². The van der Waals surface area contributed by atoms with E-state index >= 15 is 0 Å². The molecule has 0 bridgehead atoms. The van der Waals surface area contributed by atoms with Crippen molar-refractivity contribution >= 4 is 23.2 Å². The first kappa shape index (κ1) is 15.8. The second-order valence-corrected chi connectivity index (χ2v) is 5.83. The number of carbonyl (C=O) groups is 2. The Labute approximate surface area is 140 Å². The van der Waals surface area contributed by atoms with E-state index in [0.29, 0.717) is 23.4 Å². The Morgan fingerprint density at radius 2 is 1.54 bits per heavy atom. The molecule has 0 aromatic heterocycles. The number of nitriles is 1. The van der Waals surface area contributed by atoms with Gasteiger partial charge >= 0.3 is 0 Å². The van der Waals surface area contributed by atoms with E-state index in [2.05, 4.69) is 16.7 Å². The zero-order valence-corrected chi connectivity index (χ0v) is 13.1. The van der Waals surface area contributed by atoms with E-state index in [9.17, 15) is 9.59 Å². The Morgan fingerprint density at radius 3 is 2.12 bits per heavy atom. The van der Waals surface area contributed by atoms with E-state index in [4.69, 9.17) is 5.26 Å². The summed E-state index contributed by atoms with van der Waals surface area (Å²) >= 11 is 0. The molecule has 24 heavy (non-hydrogen) atoms. The summed E-state index contributed by atoms with van der Waals surface area (Å²) in [5, 5.41) is 14.3. The van der Waals surface area contributed by atoms with E-state index in [0.717, 1.165) is 18.4 Å². The van der Waals surface area contributed by atoms with Crippen LogP contribution in [0.2, 0.25) is 0 Å². The first-order chi connectivity index (χ1) is 11.7. The van der Waals surface area contributed by atoms with Crippen LogP contribution in [0.15, 0.2) is 48.5 Å². The zero-order valence-electron chi connectivity index (χ0n) is 13.1. The third kappa shape index (κ3) is 3.99. The molecule has 2 N–H and O–H groups in total. The standard InChI is InChI=1S/C19H17N3O2/c20-12-11-13-1-7-16(8-2-13)21-19(24)15-5-9-17(10-6-15)22-18(23)14-3-4-14/h1-2,5-10,14H,3-4,11H2,(H,21,24)(H,22,23). The van der Waals surface area contributed by atoms with Crippen LogP contribution in [0.3, 0.4) is 0 Å². The largest absolute Gasteiger partial charge is 0.326 e. The highest BCUT2D eigenvalue weighted by Gasteiger charge is 2.29. The number of benzene rings is 2. The minimum atomic E-state index is -0.219. The highest BCUT2D eigenvalue weighted by atomic mass is 16.2. The number of hydrogen-bond acceptors (Lipinski definition) is 3. The Balaban J connectivity index is 1.60. The molecule has 1 aliphatic carbocycles. The molecule has 0 radical (unpaired) electrons.